The summed E-state index contributed by atoms with van der Waals surface area (Å²) in [5.41, 5.74) is 4.41. The largest absolute Gasteiger partial charge is 0.489 e. The fourth-order valence-corrected chi connectivity index (χ4v) is 4.34. The van der Waals surface area contributed by atoms with Crippen LogP contribution in [0.1, 0.15) is 32.6 Å². The molecule has 172 valence electrons. The van der Waals surface area contributed by atoms with Crippen LogP contribution in [0.2, 0.25) is 5.02 Å². The Labute approximate surface area is 199 Å². The van der Waals surface area contributed by atoms with Crippen molar-refractivity contribution >= 4 is 17.5 Å². The third kappa shape index (κ3) is 5.73. The summed E-state index contributed by atoms with van der Waals surface area (Å²) in [6.45, 7) is 7.46. The number of benzene rings is 3. The maximum Gasteiger partial charge on any atom is 0.253 e. The molecule has 6 heteroatoms. The van der Waals surface area contributed by atoms with E-state index in [2.05, 4.69) is 17.9 Å². The number of piperazine rings is 1. The van der Waals surface area contributed by atoms with E-state index in [1.165, 1.54) is 11.6 Å². The molecular weight excluding hydrogens is 439 g/mol. The van der Waals surface area contributed by atoms with Crippen LogP contribution in [-0.2, 0) is 13.2 Å². The lowest BCUT2D eigenvalue weighted by Crippen LogP contribution is -2.48. The maximum atomic E-state index is 14.1. The van der Waals surface area contributed by atoms with Crippen molar-refractivity contribution in [3.8, 4) is 5.75 Å². The second-order valence-electron chi connectivity index (χ2n) is 8.53. The molecule has 0 aliphatic carbocycles. The van der Waals surface area contributed by atoms with E-state index >= 15 is 0 Å². The topological polar surface area (TPSA) is 32.8 Å². The van der Waals surface area contributed by atoms with Crippen molar-refractivity contribution in [1.82, 2.24) is 9.80 Å². The summed E-state index contributed by atoms with van der Waals surface area (Å²) in [6, 6.07) is 18.4. The van der Waals surface area contributed by atoms with E-state index in [9.17, 15) is 9.18 Å². The molecule has 1 amide bonds. The molecule has 0 aromatic heterocycles. The Hall–Kier alpha value is -2.89. The third-order valence-electron chi connectivity index (χ3n) is 6.00. The zero-order chi connectivity index (χ0) is 23.4. The highest BCUT2D eigenvalue weighted by Gasteiger charge is 2.23. The highest BCUT2D eigenvalue weighted by atomic mass is 35.5. The van der Waals surface area contributed by atoms with Crippen LogP contribution in [0.4, 0.5) is 4.39 Å². The molecule has 0 N–H and O–H groups in total. The van der Waals surface area contributed by atoms with Gasteiger partial charge in [-0.3, -0.25) is 9.69 Å². The Balaban J connectivity index is 1.34. The summed E-state index contributed by atoms with van der Waals surface area (Å²) in [5.74, 6) is 0.566. The van der Waals surface area contributed by atoms with Gasteiger partial charge in [-0.25, -0.2) is 4.39 Å². The smallest absolute Gasteiger partial charge is 0.253 e. The molecule has 1 aliphatic heterocycles. The van der Waals surface area contributed by atoms with E-state index in [-0.39, 0.29) is 11.7 Å². The molecule has 0 unspecified atom stereocenters. The van der Waals surface area contributed by atoms with E-state index in [4.69, 9.17) is 16.3 Å². The van der Waals surface area contributed by atoms with Crippen molar-refractivity contribution < 1.29 is 13.9 Å². The average Bonchev–Trinajstić information content (AvgIpc) is 2.81. The van der Waals surface area contributed by atoms with Gasteiger partial charge in [0.2, 0.25) is 0 Å². The van der Waals surface area contributed by atoms with Crippen molar-refractivity contribution in [3.05, 3.63) is 99.3 Å². The van der Waals surface area contributed by atoms with Crippen LogP contribution in [0.5, 0.6) is 5.75 Å². The van der Waals surface area contributed by atoms with E-state index < -0.39 is 0 Å². The first-order valence-corrected chi connectivity index (χ1v) is 11.5. The molecule has 33 heavy (non-hydrogen) atoms. The summed E-state index contributed by atoms with van der Waals surface area (Å²) in [5, 5.41) is 0.438. The normalized spacial score (nSPS) is 14.4. The highest BCUT2D eigenvalue weighted by Crippen LogP contribution is 2.23. The number of carbonyl (C=O) groups excluding carboxylic acids is 1. The van der Waals surface area contributed by atoms with Gasteiger partial charge >= 0.3 is 0 Å². The molecule has 0 spiro atoms. The Morgan fingerprint density at radius 2 is 1.76 bits per heavy atom. The molecule has 1 saturated heterocycles. The quantitative estimate of drug-likeness (QED) is 0.471. The number of aryl methyl sites for hydroxylation is 2. The molecule has 1 aliphatic rings. The number of amides is 1. The zero-order valence-corrected chi connectivity index (χ0v) is 19.7. The van der Waals surface area contributed by atoms with Crippen molar-refractivity contribution in [2.24, 2.45) is 0 Å². The van der Waals surface area contributed by atoms with Gasteiger partial charge < -0.3 is 9.64 Å². The predicted molar refractivity (Wildman–Crippen MR) is 129 cm³/mol. The van der Waals surface area contributed by atoms with Gasteiger partial charge in [-0.15, -0.1) is 0 Å². The van der Waals surface area contributed by atoms with Crippen LogP contribution in [-0.4, -0.2) is 41.9 Å². The van der Waals surface area contributed by atoms with E-state index in [0.29, 0.717) is 55.5 Å². The zero-order valence-electron chi connectivity index (χ0n) is 19.0. The minimum absolute atomic E-state index is 0.00643. The number of rotatable bonds is 6. The van der Waals surface area contributed by atoms with Gasteiger partial charge in [0.15, 0.2) is 0 Å². The Morgan fingerprint density at radius 3 is 2.48 bits per heavy atom. The first-order valence-electron chi connectivity index (χ1n) is 11.1. The number of halogens is 2. The Bertz CT molecular complexity index is 1120. The van der Waals surface area contributed by atoms with E-state index in [1.807, 2.05) is 48.2 Å². The summed E-state index contributed by atoms with van der Waals surface area (Å²) >= 11 is 6.16. The standard InChI is InChI=1S/C27H28ClFN2O2/c1-19-9-10-26(20(2)15-19)33-18-21-5-3-6-22(16-21)27(32)31-13-11-30(12-14-31)17-23-24(28)7-4-8-25(23)29/h3-10,15-16H,11-14,17-18H2,1-2H3. The molecule has 1 heterocycles. The molecule has 4 rings (SSSR count). The molecule has 0 bridgehead atoms. The first-order chi connectivity index (χ1) is 15.9. The monoisotopic (exact) mass is 466 g/mol. The van der Waals surface area contributed by atoms with Gasteiger partial charge in [-0.05, 0) is 55.3 Å². The third-order valence-corrected chi connectivity index (χ3v) is 6.36. The first kappa shape index (κ1) is 23.3. The summed E-state index contributed by atoms with van der Waals surface area (Å²) < 4.78 is 20.1. The van der Waals surface area contributed by atoms with Crippen molar-refractivity contribution in [1.29, 1.82) is 0 Å². The molecule has 3 aromatic carbocycles. The Kier molecular flexibility index (Phi) is 7.31. The van der Waals surface area contributed by atoms with Gasteiger partial charge in [-0.2, -0.15) is 0 Å². The van der Waals surface area contributed by atoms with Crippen LogP contribution in [0.25, 0.3) is 0 Å². The summed E-state index contributed by atoms with van der Waals surface area (Å²) in [6.07, 6.45) is 0. The fourth-order valence-electron chi connectivity index (χ4n) is 4.12. The number of hydrogen-bond donors (Lipinski definition) is 0. The minimum atomic E-state index is -0.291. The van der Waals surface area contributed by atoms with E-state index in [0.717, 1.165) is 16.9 Å². The van der Waals surface area contributed by atoms with Gasteiger partial charge in [0.1, 0.15) is 18.2 Å². The highest BCUT2D eigenvalue weighted by molar-refractivity contribution is 6.31. The lowest BCUT2D eigenvalue weighted by atomic mass is 10.1. The predicted octanol–water partition coefficient (Wildman–Crippen LogP) is 5.63. The van der Waals surface area contributed by atoms with Crippen LogP contribution < -0.4 is 4.74 Å². The van der Waals surface area contributed by atoms with Crippen LogP contribution in [0.15, 0.2) is 60.7 Å². The van der Waals surface area contributed by atoms with Crippen molar-refractivity contribution in [3.63, 3.8) is 0 Å². The van der Waals surface area contributed by atoms with Gasteiger partial charge in [0.25, 0.3) is 5.91 Å². The number of hydrogen-bond acceptors (Lipinski definition) is 3. The minimum Gasteiger partial charge on any atom is -0.489 e. The maximum absolute atomic E-state index is 14.1. The summed E-state index contributed by atoms with van der Waals surface area (Å²) in [7, 11) is 0. The molecule has 1 fully saturated rings. The average molecular weight is 467 g/mol. The SMILES string of the molecule is Cc1ccc(OCc2cccc(C(=O)N3CCN(Cc4c(F)cccc4Cl)CC3)c2)c(C)c1. The molecule has 3 aromatic rings. The van der Waals surface area contributed by atoms with Gasteiger partial charge in [0.05, 0.1) is 0 Å². The number of nitrogens with zero attached hydrogens (tertiary/aromatic N) is 2. The van der Waals surface area contributed by atoms with E-state index in [1.54, 1.807) is 12.1 Å². The van der Waals surface area contributed by atoms with Crippen LogP contribution in [0.3, 0.4) is 0 Å². The lowest BCUT2D eigenvalue weighted by Gasteiger charge is -2.35. The second-order valence-corrected chi connectivity index (χ2v) is 8.93. The molecule has 0 saturated carbocycles. The molecule has 0 radical (unpaired) electrons. The number of ether oxygens (including phenoxy) is 1. The number of carbonyl (C=O) groups is 1. The van der Waals surface area contributed by atoms with Crippen molar-refractivity contribution in [2.45, 2.75) is 27.0 Å². The fraction of sp³-hybridized carbons (Fsp3) is 0.296. The summed E-state index contributed by atoms with van der Waals surface area (Å²) in [4.78, 5) is 17.1. The molecular formula is C27H28ClFN2O2. The van der Waals surface area contributed by atoms with Crippen LogP contribution in [0, 0.1) is 19.7 Å². The van der Waals surface area contributed by atoms with Crippen molar-refractivity contribution in [2.75, 3.05) is 26.2 Å². The Morgan fingerprint density at radius 1 is 1.00 bits per heavy atom. The second kappa shape index (κ2) is 10.4. The van der Waals surface area contributed by atoms with Crippen LogP contribution >= 0.6 is 11.6 Å². The van der Waals surface area contributed by atoms with Gasteiger partial charge in [0, 0.05) is 48.9 Å². The molecule has 4 nitrogen and oxygen atoms in total. The molecule has 0 atom stereocenters. The lowest BCUT2D eigenvalue weighted by molar-refractivity contribution is 0.0627. The van der Waals surface area contributed by atoms with Gasteiger partial charge in [-0.1, -0.05) is 47.5 Å².